The molecule has 1 aliphatic rings. The smallest absolute Gasteiger partial charge is 0.276 e. The van der Waals surface area contributed by atoms with Crippen LogP contribution in [-0.4, -0.2) is 48.6 Å². The Balaban J connectivity index is 1.76. The van der Waals surface area contributed by atoms with Crippen LogP contribution in [0.1, 0.15) is 41.7 Å². The highest BCUT2D eigenvalue weighted by Gasteiger charge is 2.38. The molecule has 3 aromatic rings. The van der Waals surface area contributed by atoms with E-state index in [1.165, 1.54) is 10.9 Å². The summed E-state index contributed by atoms with van der Waals surface area (Å²) < 4.78 is 3.66. The van der Waals surface area contributed by atoms with Gasteiger partial charge in [0.2, 0.25) is 0 Å². The van der Waals surface area contributed by atoms with E-state index in [0.717, 1.165) is 42.3 Å². The van der Waals surface area contributed by atoms with Crippen molar-refractivity contribution in [3.05, 3.63) is 52.2 Å². The number of rotatable bonds is 6. The Morgan fingerprint density at radius 2 is 2.07 bits per heavy atom. The summed E-state index contributed by atoms with van der Waals surface area (Å²) in [5.41, 5.74) is 0.482. The molecule has 0 aromatic carbocycles. The third-order valence-corrected chi connectivity index (χ3v) is 5.82. The molecule has 0 unspecified atom stereocenters. The first-order valence-corrected chi connectivity index (χ1v) is 10.1. The molecular formula is C21H25N5O4. The van der Waals surface area contributed by atoms with Crippen LogP contribution in [0.2, 0.25) is 0 Å². The van der Waals surface area contributed by atoms with Crippen molar-refractivity contribution in [2.24, 2.45) is 0 Å². The third kappa shape index (κ3) is 3.45. The molecule has 9 nitrogen and oxygen atoms in total. The standard InChI is InChI=1S/C21H25N5O4/c1-14-11-26(19-15(14)5-4-8-22-19)21(6-2-3-7-21)13-25-12-16(28)18(29)17(24-25)20(30)23-9-10-27/h4-5,8,11-12,27-28H,2-3,6-7,9-10,13H2,1H3,(H,23,30). The normalized spacial score (nSPS) is 15.5. The van der Waals surface area contributed by atoms with Crippen molar-refractivity contribution >= 4 is 16.9 Å². The Bertz CT molecular complexity index is 1140. The Kier molecular flexibility index (Phi) is 5.29. The number of aliphatic hydroxyl groups excluding tert-OH is 1. The van der Waals surface area contributed by atoms with Crippen molar-refractivity contribution in [2.45, 2.75) is 44.7 Å². The lowest BCUT2D eigenvalue weighted by Gasteiger charge is -2.32. The molecule has 3 N–H and O–H groups in total. The minimum Gasteiger partial charge on any atom is -0.503 e. The second-order valence-electron chi connectivity index (χ2n) is 7.86. The van der Waals surface area contributed by atoms with Gasteiger partial charge in [0.1, 0.15) is 5.65 Å². The van der Waals surface area contributed by atoms with Crippen LogP contribution in [0.4, 0.5) is 0 Å². The fourth-order valence-electron chi connectivity index (χ4n) is 4.40. The first kappa shape index (κ1) is 20.1. The van der Waals surface area contributed by atoms with E-state index >= 15 is 0 Å². The van der Waals surface area contributed by atoms with Gasteiger partial charge in [0, 0.05) is 24.3 Å². The van der Waals surface area contributed by atoms with Crippen LogP contribution in [0.15, 0.2) is 35.5 Å². The second-order valence-corrected chi connectivity index (χ2v) is 7.86. The molecule has 0 saturated heterocycles. The summed E-state index contributed by atoms with van der Waals surface area (Å²) in [6.07, 6.45) is 9.02. The van der Waals surface area contributed by atoms with Crippen molar-refractivity contribution in [1.82, 2.24) is 24.6 Å². The number of carbonyl (C=O) groups excluding carboxylic acids is 1. The molecule has 158 valence electrons. The quantitative estimate of drug-likeness (QED) is 0.562. The number of carbonyl (C=O) groups is 1. The predicted octanol–water partition coefficient (Wildman–Crippen LogP) is 1.30. The Morgan fingerprint density at radius 3 is 2.80 bits per heavy atom. The molecule has 1 saturated carbocycles. The number of fused-ring (bicyclic) bond motifs is 1. The fraction of sp³-hybridized carbons (Fsp3) is 0.429. The molecule has 0 aliphatic heterocycles. The van der Waals surface area contributed by atoms with Gasteiger partial charge in [-0.3, -0.25) is 14.3 Å². The van der Waals surface area contributed by atoms with Gasteiger partial charge >= 0.3 is 0 Å². The number of hydrogen-bond donors (Lipinski definition) is 3. The zero-order chi connectivity index (χ0) is 21.3. The summed E-state index contributed by atoms with van der Waals surface area (Å²) in [5.74, 6) is -1.25. The summed E-state index contributed by atoms with van der Waals surface area (Å²) in [7, 11) is 0. The molecule has 30 heavy (non-hydrogen) atoms. The highest BCUT2D eigenvalue weighted by atomic mass is 16.3. The van der Waals surface area contributed by atoms with Crippen molar-refractivity contribution in [3.63, 3.8) is 0 Å². The average molecular weight is 411 g/mol. The van der Waals surface area contributed by atoms with Gasteiger partial charge in [-0.15, -0.1) is 0 Å². The summed E-state index contributed by atoms with van der Waals surface area (Å²) >= 11 is 0. The van der Waals surface area contributed by atoms with Crippen molar-refractivity contribution < 1.29 is 15.0 Å². The monoisotopic (exact) mass is 411 g/mol. The maximum absolute atomic E-state index is 12.3. The summed E-state index contributed by atoms with van der Waals surface area (Å²) in [4.78, 5) is 29.1. The second kappa shape index (κ2) is 7.91. The lowest BCUT2D eigenvalue weighted by Crippen LogP contribution is -2.38. The van der Waals surface area contributed by atoms with Gasteiger partial charge in [-0.2, -0.15) is 5.10 Å². The van der Waals surface area contributed by atoms with Gasteiger partial charge < -0.3 is 20.1 Å². The first-order chi connectivity index (χ1) is 14.4. The largest absolute Gasteiger partial charge is 0.503 e. The zero-order valence-electron chi connectivity index (χ0n) is 16.8. The number of nitrogens with zero attached hydrogens (tertiary/aromatic N) is 4. The maximum Gasteiger partial charge on any atom is 0.276 e. The van der Waals surface area contributed by atoms with Crippen LogP contribution < -0.4 is 10.7 Å². The molecule has 3 heterocycles. The number of nitrogens with one attached hydrogen (secondary N) is 1. The van der Waals surface area contributed by atoms with E-state index in [4.69, 9.17) is 5.11 Å². The number of amides is 1. The number of aryl methyl sites for hydroxylation is 1. The van der Waals surface area contributed by atoms with Crippen LogP contribution >= 0.6 is 0 Å². The van der Waals surface area contributed by atoms with E-state index in [9.17, 15) is 14.7 Å². The van der Waals surface area contributed by atoms with Gasteiger partial charge in [0.15, 0.2) is 11.4 Å². The lowest BCUT2D eigenvalue weighted by molar-refractivity contribution is 0.0934. The number of aromatic hydroxyl groups is 1. The van der Waals surface area contributed by atoms with E-state index in [2.05, 4.69) is 33.1 Å². The fourth-order valence-corrected chi connectivity index (χ4v) is 4.40. The molecule has 0 bridgehead atoms. The van der Waals surface area contributed by atoms with E-state index in [1.54, 1.807) is 6.20 Å². The van der Waals surface area contributed by atoms with Crippen LogP contribution in [0, 0.1) is 6.92 Å². The molecule has 3 aromatic heterocycles. The van der Waals surface area contributed by atoms with Crippen LogP contribution in [0.5, 0.6) is 5.75 Å². The zero-order valence-corrected chi connectivity index (χ0v) is 16.8. The summed E-state index contributed by atoms with van der Waals surface area (Å²) in [6, 6.07) is 3.96. The van der Waals surface area contributed by atoms with E-state index in [-0.39, 0.29) is 24.4 Å². The van der Waals surface area contributed by atoms with E-state index in [0.29, 0.717) is 6.54 Å². The molecule has 1 amide bonds. The van der Waals surface area contributed by atoms with E-state index in [1.807, 2.05) is 12.1 Å². The van der Waals surface area contributed by atoms with Crippen molar-refractivity contribution in [1.29, 1.82) is 0 Å². The van der Waals surface area contributed by atoms with Gasteiger partial charge in [0.25, 0.3) is 11.3 Å². The summed E-state index contributed by atoms with van der Waals surface area (Å²) in [5, 5.41) is 26.8. The molecule has 4 rings (SSSR count). The van der Waals surface area contributed by atoms with E-state index < -0.39 is 17.1 Å². The van der Waals surface area contributed by atoms with Gasteiger partial charge in [-0.05, 0) is 37.5 Å². The van der Waals surface area contributed by atoms with Crippen molar-refractivity contribution in [2.75, 3.05) is 13.2 Å². The first-order valence-electron chi connectivity index (χ1n) is 10.1. The number of pyridine rings is 1. The SMILES string of the molecule is Cc1cn(C2(Cn3cc(O)c(=O)c(C(=O)NCCO)n3)CCCC2)c2ncccc12. The van der Waals surface area contributed by atoms with Crippen LogP contribution in [-0.2, 0) is 12.1 Å². The van der Waals surface area contributed by atoms with Gasteiger partial charge in [-0.1, -0.05) is 12.8 Å². The highest BCUT2D eigenvalue weighted by Crippen LogP contribution is 2.40. The predicted molar refractivity (Wildman–Crippen MR) is 110 cm³/mol. The molecule has 1 fully saturated rings. The minimum atomic E-state index is -0.828. The number of aliphatic hydroxyl groups is 1. The average Bonchev–Trinajstić information content (AvgIpc) is 3.34. The molecule has 0 spiro atoms. The van der Waals surface area contributed by atoms with Crippen LogP contribution in [0.3, 0.4) is 0 Å². The highest BCUT2D eigenvalue weighted by molar-refractivity contribution is 5.92. The third-order valence-electron chi connectivity index (χ3n) is 5.82. The number of hydrogen-bond acceptors (Lipinski definition) is 6. The molecule has 0 radical (unpaired) electrons. The number of aromatic nitrogens is 4. The minimum absolute atomic E-state index is 0.000149. The molecular weight excluding hydrogens is 386 g/mol. The summed E-state index contributed by atoms with van der Waals surface area (Å²) in [6.45, 7) is 2.19. The Hall–Kier alpha value is -3.20. The topological polar surface area (TPSA) is 122 Å². The molecule has 0 atom stereocenters. The Labute approximate surface area is 173 Å². The van der Waals surface area contributed by atoms with Gasteiger partial charge in [-0.25, -0.2) is 4.98 Å². The lowest BCUT2D eigenvalue weighted by atomic mass is 9.97. The Morgan fingerprint density at radius 1 is 1.30 bits per heavy atom. The van der Waals surface area contributed by atoms with Gasteiger partial charge in [0.05, 0.1) is 24.9 Å². The molecule has 1 aliphatic carbocycles. The maximum atomic E-state index is 12.3. The van der Waals surface area contributed by atoms with Crippen LogP contribution in [0.25, 0.3) is 11.0 Å². The molecule has 9 heteroatoms. The van der Waals surface area contributed by atoms with Crippen molar-refractivity contribution in [3.8, 4) is 5.75 Å².